The van der Waals surface area contributed by atoms with Crippen molar-refractivity contribution in [2.24, 2.45) is 0 Å². The number of carbonyl (C=O) groups is 1. The molecule has 1 amide bonds. The fourth-order valence-electron chi connectivity index (χ4n) is 4.53. The lowest BCUT2D eigenvalue weighted by Gasteiger charge is -2.38. The number of alkyl halides is 2. The van der Waals surface area contributed by atoms with Gasteiger partial charge < -0.3 is 24.8 Å². The predicted molar refractivity (Wildman–Crippen MR) is 138 cm³/mol. The van der Waals surface area contributed by atoms with Gasteiger partial charge in [-0.2, -0.15) is 0 Å². The molecule has 3 heterocycles. The van der Waals surface area contributed by atoms with Crippen molar-refractivity contribution in [1.29, 1.82) is 0 Å². The zero-order valence-corrected chi connectivity index (χ0v) is 22.5. The Kier molecular flexibility index (Phi) is 7.87. The van der Waals surface area contributed by atoms with Crippen LogP contribution in [0.1, 0.15) is 69.8 Å². The number of benzene rings is 1. The number of pyridine rings is 1. The van der Waals surface area contributed by atoms with E-state index in [1.165, 1.54) is 30.5 Å². The number of carbonyl (C=O) groups excluding carboxylic acids is 1. The summed E-state index contributed by atoms with van der Waals surface area (Å²) in [5.41, 5.74) is -2.00. The maximum atomic E-state index is 14.8. The number of methoxy groups -OCH3 is 1. The number of fused-ring (bicyclic) bond motifs is 1. The average Bonchev–Trinajstić information content (AvgIpc) is 2.87. The van der Waals surface area contributed by atoms with Crippen LogP contribution >= 0.6 is 0 Å². The highest BCUT2D eigenvalue weighted by Crippen LogP contribution is 2.38. The van der Waals surface area contributed by atoms with Gasteiger partial charge in [-0.05, 0) is 46.6 Å². The third-order valence-electron chi connectivity index (χ3n) is 6.62. The Labute approximate surface area is 224 Å². The third kappa shape index (κ3) is 6.00. The van der Waals surface area contributed by atoms with Crippen LogP contribution in [0.4, 0.5) is 23.8 Å². The van der Waals surface area contributed by atoms with E-state index in [1.54, 1.807) is 33.8 Å². The first-order valence-electron chi connectivity index (χ1n) is 12.6. The second-order valence-corrected chi connectivity index (χ2v) is 10.6. The topological polar surface area (TPSA) is 110 Å². The zero-order valence-electron chi connectivity index (χ0n) is 22.5. The van der Waals surface area contributed by atoms with Crippen LogP contribution in [0, 0.1) is 5.82 Å². The highest BCUT2D eigenvalue weighted by Gasteiger charge is 2.39. The molecule has 3 aromatic rings. The molecule has 1 atom stereocenters. The van der Waals surface area contributed by atoms with Gasteiger partial charge in [-0.3, -0.25) is 0 Å². The number of nitrogens with zero attached hydrogens (tertiary/aromatic N) is 4. The van der Waals surface area contributed by atoms with Crippen LogP contribution in [0.3, 0.4) is 0 Å². The molecular formula is C27H32F3N5O4. The Hall–Kier alpha value is -3.67. The number of piperidine rings is 1. The number of rotatable bonds is 6. The molecule has 1 aliphatic rings. The summed E-state index contributed by atoms with van der Waals surface area (Å²) < 4.78 is 52.2. The number of halogens is 3. The van der Waals surface area contributed by atoms with Gasteiger partial charge in [0.1, 0.15) is 34.7 Å². The molecule has 0 saturated carbocycles. The van der Waals surface area contributed by atoms with Gasteiger partial charge >= 0.3 is 6.09 Å². The summed E-state index contributed by atoms with van der Waals surface area (Å²) in [7, 11) is 1.42. The van der Waals surface area contributed by atoms with Crippen LogP contribution in [0.15, 0.2) is 30.6 Å². The molecule has 0 unspecified atom stereocenters. The molecule has 0 spiro atoms. The van der Waals surface area contributed by atoms with E-state index in [-0.39, 0.29) is 43.2 Å². The van der Waals surface area contributed by atoms with Gasteiger partial charge in [0.25, 0.3) is 6.43 Å². The smallest absolute Gasteiger partial charge is 0.410 e. The summed E-state index contributed by atoms with van der Waals surface area (Å²) in [6.07, 6.45) is -1.72. The van der Waals surface area contributed by atoms with Gasteiger partial charge in [-0.15, -0.1) is 0 Å². The van der Waals surface area contributed by atoms with E-state index in [1.807, 2.05) is 0 Å². The number of nitrogens with one attached hydrogen (secondary N) is 1. The summed E-state index contributed by atoms with van der Waals surface area (Å²) in [5.74, 6) is -0.558. The lowest BCUT2D eigenvalue weighted by molar-refractivity contribution is -0.0382. The average molecular weight is 548 g/mol. The first-order chi connectivity index (χ1) is 18.3. The normalized spacial score (nSPS) is 16.3. The van der Waals surface area contributed by atoms with Gasteiger partial charge in [0, 0.05) is 18.7 Å². The van der Waals surface area contributed by atoms with Gasteiger partial charge in [-0.1, -0.05) is 18.2 Å². The van der Waals surface area contributed by atoms with Crippen molar-refractivity contribution in [2.45, 2.75) is 64.2 Å². The van der Waals surface area contributed by atoms with Gasteiger partial charge in [0.05, 0.1) is 29.8 Å². The van der Waals surface area contributed by atoms with Crippen LogP contribution in [-0.2, 0) is 10.3 Å². The minimum atomic E-state index is -2.95. The van der Waals surface area contributed by atoms with E-state index in [2.05, 4.69) is 20.3 Å². The van der Waals surface area contributed by atoms with E-state index in [0.717, 1.165) is 6.07 Å². The summed E-state index contributed by atoms with van der Waals surface area (Å²) >= 11 is 0. The van der Waals surface area contributed by atoms with Crippen LogP contribution < -0.4 is 10.1 Å². The van der Waals surface area contributed by atoms with Crippen LogP contribution in [0.5, 0.6) is 5.88 Å². The van der Waals surface area contributed by atoms with Crippen molar-refractivity contribution in [3.63, 3.8) is 0 Å². The minimum absolute atomic E-state index is 0.0500. The summed E-state index contributed by atoms with van der Waals surface area (Å²) in [5, 5.41) is 15.1. The van der Waals surface area contributed by atoms with E-state index in [0.29, 0.717) is 16.6 Å². The number of anilines is 1. The molecule has 1 saturated heterocycles. The summed E-state index contributed by atoms with van der Waals surface area (Å²) in [6, 6.07) is 4.75. The Morgan fingerprint density at radius 2 is 1.85 bits per heavy atom. The molecule has 210 valence electrons. The first kappa shape index (κ1) is 28.3. The number of ether oxygens (including phenoxy) is 2. The standard InChI is InChI=1S/C27H32F3N5O4/c1-15(16-7-6-8-17(20(16)28)22(29)30)33-23-18-13-19(34-24(38-5)21(18)31-14-32-23)27(37)9-11-35(12-10-27)25(36)39-26(2,3)4/h6-8,13-15,22,37H,9-12H2,1-5H3,(H,31,32,33)/t15-/m1/s1. The lowest BCUT2D eigenvalue weighted by Crippen LogP contribution is -2.47. The maximum Gasteiger partial charge on any atom is 0.410 e. The molecule has 0 aliphatic carbocycles. The highest BCUT2D eigenvalue weighted by atomic mass is 19.3. The molecule has 9 nitrogen and oxygen atoms in total. The molecule has 1 aliphatic heterocycles. The maximum absolute atomic E-state index is 14.8. The number of hydrogen-bond donors (Lipinski definition) is 2. The fourth-order valence-corrected chi connectivity index (χ4v) is 4.53. The van der Waals surface area contributed by atoms with Crippen LogP contribution in [0.25, 0.3) is 10.9 Å². The van der Waals surface area contributed by atoms with Crippen molar-refractivity contribution in [3.8, 4) is 5.88 Å². The van der Waals surface area contributed by atoms with Crippen LogP contribution in [0.2, 0.25) is 0 Å². The minimum Gasteiger partial charge on any atom is -0.479 e. The molecule has 1 fully saturated rings. The molecule has 0 bridgehead atoms. The third-order valence-corrected chi connectivity index (χ3v) is 6.62. The van der Waals surface area contributed by atoms with E-state index in [4.69, 9.17) is 9.47 Å². The largest absolute Gasteiger partial charge is 0.479 e. The number of amides is 1. The van der Waals surface area contributed by atoms with E-state index in [9.17, 15) is 23.1 Å². The number of hydrogen-bond acceptors (Lipinski definition) is 8. The van der Waals surface area contributed by atoms with Crippen molar-refractivity contribution < 1.29 is 32.5 Å². The molecule has 2 N–H and O–H groups in total. The molecule has 1 aromatic carbocycles. The predicted octanol–water partition coefficient (Wildman–Crippen LogP) is 5.50. The van der Waals surface area contributed by atoms with Crippen molar-refractivity contribution in [1.82, 2.24) is 19.9 Å². The highest BCUT2D eigenvalue weighted by molar-refractivity contribution is 5.92. The second kappa shape index (κ2) is 10.8. The Bertz CT molecular complexity index is 1360. The first-order valence-corrected chi connectivity index (χ1v) is 12.6. The molecule has 0 radical (unpaired) electrons. The monoisotopic (exact) mass is 547 g/mol. The van der Waals surface area contributed by atoms with Gasteiger partial charge in [0.2, 0.25) is 5.88 Å². The molecule has 12 heteroatoms. The fraction of sp³-hybridized carbons (Fsp3) is 0.481. The quantitative estimate of drug-likeness (QED) is 0.416. The van der Waals surface area contributed by atoms with E-state index < -0.39 is 41.1 Å². The molecule has 39 heavy (non-hydrogen) atoms. The SMILES string of the molecule is COc1nc(C2(O)CCN(C(=O)OC(C)(C)C)CC2)cc2c(N[C@H](C)c3cccc(C(F)F)c3F)ncnc12. The van der Waals surface area contributed by atoms with Gasteiger partial charge in [0.15, 0.2) is 0 Å². The Morgan fingerprint density at radius 3 is 2.46 bits per heavy atom. The summed E-state index contributed by atoms with van der Waals surface area (Å²) in [6.45, 7) is 7.49. The zero-order chi connectivity index (χ0) is 28.5. The number of aromatic nitrogens is 3. The van der Waals surface area contributed by atoms with Crippen LogP contribution in [-0.4, -0.2) is 56.9 Å². The molecule has 2 aromatic heterocycles. The molecule has 4 rings (SSSR count). The molecular weight excluding hydrogens is 515 g/mol. The second-order valence-electron chi connectivity index (χ2n) is 10.6. The Morgan fingerprint density at radius 1 is 1.18 bits per heavy atom. The van der Waals surface area contributed by atoms with Crippen molar-refractivity contribution >= 4 is 22.8 Å². The van der Waals surface area contributed by atoms with Gasteiger partial charge in [-0.25, -0.2) is 32.9 Å². The summed E-state index contributed by atoms with van der Waals surface area (Å²) in [4.78, 5) is 27.1. The lowest BCUT2D eigenvalue weighted by atomic mass is 9.87. The van der Waals surface area contributed by atoms with Crippen molar-refractivity contribution in [2.75, 3.05) is 25.5 Å². The van der Waals surface area contributed by atoms with E-state index >= 15 is 0 Å². The number of likely N-dealkylation sites (tertiary alicyclic amines) is 1. The Balaban J connectivity index is 1.65. The number of aliphatic hydroxyl groups is 1. The van der Waals surface area contributed by atoms with Crippen molar-refractivity contribution in [3.05, 3.63) is 53.2 Å².